The fourth-order valence-corrected chi connectivity index (χ4v) is 1.74. The fourth-order valence-electron chi connectivity index (χ4n) is 1.29. The first-order valence-corrected chi connectivity index (χ1v) is 5.64. The molecule has 0 radical (unpaired) electrons. The minimum absolute atomic E-state index is 0.149. The molecule has 2 rings (SSSR count). The molecule has 1 aromatic carbocycles. The van der Waals surface area contributed by atoms with Crippen LogP contribution in [0.1, 0.15) is 5.56 Å². The second-order valence-electron chi connectivity index (χ2n) is 3.41. The van der Waals surface area contributed by atoms with E-state index in [9.17, 15) is 0 Å². The van der Waals surface area contributed by atoms with Gasteiger partial charge in [0.1, 0.15) is 17.4 Å². The standard InChI is InChI=1S/C12H7Cl2N3O/c13-8-1-2-11(10(14)4-8)18-12-7(5-15)3-9(16)6-17-12/h1-4,6H,16H2. The first-order valence-electron chi connectivity index (χ1n) is 4.88. The maximum absolute atomic E-state index is 8.95. The molecule has 0 amide bonds. The number of nitrogen functional groups attached to an aromatic ring is 1. The van der Waals surface area contributed by atoms with E-state index < -0.39 is 0 Å². The van der Waals surface area contributed by atoms with Gasteiger partial charge in [0.2, 0.25) is 5.88 Å². The predicted molar refractivity (Wildman–Crippen MR) is 69.9 cm³/mol. The maximum atomic E-state index is 8.95. The number of nitrogens with zero attached hydrogens (tertiary/aromatic N) is 2. The second kappa shape index (κ2) is 5.13. The van der Waals surface area contributed by atoms with Gasteiger partial charge in [-0.15, -0.1) is 0 Å². The van der Waals surface area contributed by atoms with Crippen LogP contribution in [0.25, 0.3) is 0 Å². The van der Waals surface area contributed by atoms with Crippen LogP contribution in [0.2, 0.25) is 10.0 Å². The number of hydrogen-bond acceptors (Lipinski definition) is 4. The van der Waals surface area contributed by atoms with E-state index in [2.05, 4.69) is 4.98 Å². The molecule has 0 fully saturated rings. The van der Waals surface area contributed by atoms with Crippen LogP contribution >= 0.6 is 23.2 Å². The van der Waals surface area contributed by atoms with Gasteiger partial charge in [-0.2, -0.15) is 5.26 Å². The highest BCUT2D eigenvalue weighted by atomic mass is 35.5. The quantitative estimate of drug-likeness (QED) is 0.911. The zero-order chi connectivity index (χ0) is 13.1. The molecule has 0 aliphatic rings. The van der Waals surface area contributed by atoms with Crippen LogP contribution in [0.15, 0.2) is 30.5 Å². The van der Waals surface area contributed by atoms with Crippen molar-refractivity contribution in [3.63, 3.8) is 0 Å². The van der Waals surface area contributed by atoms with E-state index in [1.165, 1.54) is 12.3 Å². The van der Waals surface area contributed by atoms with Gasteiger partial charge in [-0.05, 0) is 24.3 Å². The van der Waals surface area contributed by atoms with E-state index in [0.717, 1.165) is 0 Å². The van der Waals surface area contributed by atoms with E-state index in [0.29, 0.717) is 21.5 Å². The summed E-state index contributed by atoms with van der Waals surface area (Å²) in [5.41, 5.74) is 6.16. The van der Waals surface area contributed by atoms with Gasteiger partial charge in [0.15, 0.2) is 0 Å². The zero-order valence-corrected chi connectivity index (χ0v) is 10.5. The molecule has 1 aromatic heterocycles. The summed E-state index contributed by atoms with van der Waals surface area (Å²) >= 11 is 11.7. The molecule has 0 spiro atoms. The molecule has 0 unspecified atom stereocenters. The van der Waals surface area contributed by atoms with E-state index in [4.69, 9.17) is 38.9 Å². The monoisotopic (exact) mass is 279 g/mol. The third-order valence-corrected chi connectivity index (χ3v) is 2.62. The summed E-state index contributed by atoms with van der Waals surface area (Å²) in [6.07, 6.45) is 1.40. The van der Waals surface area contributed by atoms with Crippen LogP contribution in [0.3, 0.4) is 0 Å². The Bertz CT molecular complexity index is 638. The van der Waals surface area contributed by atoms with Crippen molar-refractivity contribution >= 4 is 28.9 Å². The third kappa shape index (κ3) is 2.65. The van der Waals surface area contributed by atoms with Gasteiger partial charge >= 0.3 is 0 Å². The van der Waals surface area contributed by atoms with Gasteiger partial charge in [-0.3, -0.25) is 0 Å². The van der Waals surface area contributed by atoms with E-state index in [1.54, 1.807) is 18.2 Å². The molecule has 0 aliphatic heterocycles. The lowest BCUT2D eigenvalue weighted by atomic mass is 10.2. The fraction of sp³-hybridized carbons (Fsp3) is 0. The Hall–Kier alpha value is -1.96. The molecular weight excluding hydrogens is 273 g/mol. The number of nitrogens with two attached hydrogens (primary N) is 1. The highest BCUT2D eigenvalue weighted by Gasteiger charge is 2.09. The number of anilines is 1. The number of aromatic nitrogens is 1. The number of nitriles is 1. The Morgan fingerprint density at radius 2 is 2.06 bits per heavy atom. The summed E-state index contributed by atoms with van der Waals surface area (Å²) in [5.74, 6) is 0.519. The second-order valence-corrected chi connectivity index (χ2v) is 4.25. The first kappa shape index (κ1) is 12.5. The Kier molecular flexibility index (Phi) is 3.56. The summed E-state index contributed by atoms with van der Waals surface area (Å²) in [7, 11) is 0. The highest BCUT2D eigenvalue weighted by Crippen LogP contribution is 2.32. The lowest BCUT2D eigenvalue weighted by Gasteiger charge is -2.08. The average Bonchev–Trinajstić information content (AvgIpc) is 2.34. The smallest absolute Gasteiger partial charge is 0.237 e. The molecule has 4 nitrogen and oxygen atoms in total. The molecule has 2 N–H and O–H groups in total. The highest BCUT2D eigenvalue weighted by molar-refractivity contribution is 6.35. The van der Waals surface area contributed by atoms with E-state index in [-0.39, 0.29) is 11.4 Å². The minimum Gasteiger partial charge on any atom is -0.436 e. The molecule has 0 bridgehead atoms. The molecule has 2 aromatic rings. The Morgan fingerprint density at radius 3 is 2.72 bits per heavy atom. The van der Waals surface area contributed by atoms with Gasteiger partial charge in [-0.1, -0.05) is 23.2 Å². The van der Waals surface area contributed by atoms with E-state index in [1.807, 2.05) is 6.07 Å². The maximum Gasteiger partial charge on any atom is 0.237 e. The van der Waals surface area contributed by atoms with Gasteiger partial charge < -0.3 is 10.5 Å². The topological polar surface area (TPSA) is 71.9 Å². The van der Waals surface area contributed by atoms with Crippen LogP contribution in [-0.4, -0.2) is 4.98 Å². The van der Waals surface area contributed by atoms with Gasteiger partial charge in [0.05, 0.1) is 16.9 Å². The first-order chi connectivity index (χ1) is 8.60. The number of rotatable bonds is 2. The van der Waals surface area contributed by atoms with Gasteiger partial charge in [-0.25, -0.2) is 4.98 Å². The van der Waals surface area contributed by atoms with Crippen LogP contribution in [0.5, 0.6) is 11.6 Å². The van der Waals surface area contributed by atoms with E-state index >= 15 is 0 Å². The zero-order valence-electron chi connectivity index (χ0n) is 9.02. The number of benzene rings is 1. The van der Waals surface area contributed by atoms with Crippen molar-refractivity contribution in [2.75, 3.05) is 5.73 Å². The van der Waals surface area contributed by atoms with Crippen molar-refractivity contribution in [1.29, 1.82) is 5.26 Å². The van der Waals surface area contributed by atoms with Crippen LogP contribution in [0.4, 0.5) is 5.69 Å². The SMILES string of the molecule is N#Cc1cc(N)cnc1Oc1ccc(Cl)cc1Cl. The van der Waals surface area contributed by atoms with Crippen molar-refractivity contribution in [3.05, 3.63) is 46.1 Å². The normalized spacial score (nSPS) is 9.83. The molecule has 90 valence electrons. The predicted octanol–water partition coefficient (Wildman–Crippen LogP) is 3.63. The summed E-state index contributed by atoms with van der Waals surface area (Å²) in [6.45, 7) is 0. The van der Waals surface area contributed by atoms with Crippen molar-refractivity contribution in [2.24, 2.45) is 0 Å². The molecular formula is C12H7Cl2N3O. The Balaban J connectivity index is 2.37. The summed E-state index contributed by atoms with van der Waals surface area (Å²) in [5, 5.41) is 9.79. The van der Waals surface area contributed by atoms with Crippen molar-refractivity contribution in [1.82, 2.24) is 4.98 Å². The van der Waals surface area contributed by atoms with Crippen LogP contribution in [0, 0.1) is 11.3 Å². The summed E-state index contributed by atoms with van der Waals surface area (Å²) in [4.78, 5) is 3.95. The minimum atomic E-state index is 0.149. The molecule has 6 heteroatoms. The third-order valence-electron chi connectivity index (χ3n) is 2.09. The van der Waals surface area contributed by atoms with Crippen LogP contribution in [-0.2, 0) is 0 Å². The molecule has 0 atom stereocenters. The lowest BCUT2D eigenvalue weighted by Crippen LogP contribution is -1.95. The summed E-state index contributed by atoms with van der Waals surface area (Å²) in [6, 6.07) is 8.20. The largest absolute Gasteiger partial charge is 0.436 e. The number of ether oxygens (including phenoxy) is 1. The number of hydrogen-bond donors (Lipinski definition) is 1. The number of pyridine rings is 1. The lowest BCUT2D eigenvalue weighted by molar-refractivity contribution is 0.461. The Labute approximate surface area is 114 Å². The van der Waals surface area contributed by atoms with Gasteiger partial charge in [0.25, 0.3) is 0 Å². The molecule has 0 saturated heterocycles. The molecule has 0 aliphatic carbocycles. The van der Waals surface area contributed by atoms with Crippen LogP contribution < -0.4 is 10.5 Å². The van der Waals surface area contributed by atoms with Crippen molar-refractivity contribution in [2.45, 2.75) is 0 Å². The van der Waals surface area contributed by atoms with Gasteiger partial charge in [0, 0.05) is 5.02 Å². The number of halogens is 2. The van der Waals surface area contributed by atoms with Crippen molar-refractivity contribution < 1.29 is 4.74 Å². The molecule has 1 heterocycles. The van der Waals surface area contributed by atoms with Crippen molar-refractivity contribution in [3.8, 4) is 17.7 Å². The Morgan fingerprint density at radius 1 is 1.28 bits per heavy atom. The molecule has 0 saturated carbocycles. The molecule has 18 heavy (non-hydrogen) atoms. The average molecular weight is 280 g/mol. The summed E-state index contributed by atoms with van der Waals surface area (Å²) < 4.78 is 5.46.